The zero-order chi connectivity index (χ0) is 25.0. The van der Waals surface area contributed by atoms with Gasteiger partial charge in [0.15, 0.2) is 0 Å². The SMILES string of the molecule is CCOC(=O)Nc1cccc(Cn2nc(-c3ccc(CC(=O)NCCCCN)cc3)ccc2=O)c1. The predicted octanol–water partition coefficient (Wildman–Crippen LogP) is 2.92. The highest BCUT2D eigenvalue weighted by molar-refractivity contribution is 5.84. The minimum absolute atomic E-state index is 0.0267. The molecule has 9 nitrogen and oxygen atoms in total. The van der Waals surface area contributed by atoms with Crippen molar-refractivity contribution < 1.29 is 14.3 Å². The Morgan fingerprint density at radius 3 is 2.57 bits per heavy atom. The van der Waals surface area contributed by atoms with Crippen molar-refractivity contribution in [3.05, 3.63) is 82.1 Å². The van der Waals surface area contributed by atoms with Crippen LogP contribution >= 0.6 is 0 Å². The summed E-state index contributed by atoms with van der Waals surface area (Å²) in [6.45, 7) is 3.51. The largest absolute Gasteiger partial charge is 0.450 e. The van der Waals surface area contributed by atoms with Gasteiger partial charge < -0.3 is 15.8 Å². The van der Waals surface area contributed by atoms with Gasteiger partial charge in [0.2, 0.25) is 5.91 Å². The summed E-state index contributed by atoms with van der Waals surface area (Å²) < 4.78 is 6.28. The molecule has 0 fully saturated rings. The lowest BCUT2D eigenvalue weighted by Crippen LogP contribution is -2.26. The zero-order valence-corrected chi connectivity index (χ0v) is 19.8. The molecule has 3 rings (SSSR count). The second kappa shape index (κ2) is 13.0. The van der Waals surface area contributed by atoms with E-state index >= 15 is 0 Å². The molecule has 0 unspecified atom stereocenters. The molecule has 0 aliphatic carbocycles. The van der Waals surface area contributed by atoms with Gasteiger partial charge in [-0.1, -0.05) is 36.4 Å². The number of anilines is 1. The number of nitrogens with two attached hydrogens (primary N) is 1. The van der Waals surface area contributed by atoms with Crippen LogP contribution in [0.15, 0.2) is 65.5 Å². The molecule has 9 heteroatoms. The average molecular weight is 478 g/mol. The van der Waals surface area contributed by atoms with Crippen molar-refractivity contribution in [1.82, 2.24) is 15.1 Å². The van der Waals surface area contributed by atoms with Crippen LogP contribution in [0.5, 0.6) is 0 Å². The van der Waals surface area contributed by atoms with Crippen LogP contribution in [0.2, 0.25) is 0 Å². The number of aromatic nitrogens is 2. The van der Waals surface area contributed by atoms with Gasteiger partial charge in [-0.2, -0.15) is 5.10 Å². The van der Waals surface area contributed by atoms with Crippen LogP contribution in [0, 0.1) is 0 Å². The van der Waals surface area contributed by atoms with E-state index in [2.05, 4.69) is 15.7 Å². The van der Waals surface area contributed by atoms with Crippen LogP contribution in [0.25, 0.3) is 11.3 Å². The number of rotatable bonds is 11. The Morgan fingerprint density at radius 1 is 1.03 bits per heavy atom. The van der Waals surface area contributed by atoms with E-state index in [9.17, 15) is 14.4 Å². The Balaban J connectivity index is 1.67. The molecular formula is C26H31N5O4. The van der Waals surface area contributed by atoms with E-state index in [4.69, 9.17) is 10.5 Å². The van der Waals surface area contributed by atoms with Crippen molar-refractivity contribution in [3.63, 3.8) is 0 Å². The number of unbranched alkanes of at least 4 members (excludes halogenated alkanes) is 1. The van der Waals surface area contributed by atoms with Gasteiger partial charge in [-0.3, -0.25) is 14.9 Å². The first-order chi connectivity index (χ1) is 17.0. The Bertz CT molecular complexity index is 1190. The Morgan fingerprint density at radius 2 is 1.83 bits per heavy atom. The lowest BCUT2D eigenvalue weighted by atomic mass is 10.1. The number of nitrogens with zero attached hydrogens (tertiary/aromatic N) is 2. The minimum atomic E-state index is -0.533. The fraction of sp³-hybridized carbons (Fsp3) is 0.308. The highest BCUT2D eigenvalue weighted by Gasteiger charge is 2.08. The normalized spacial score (nSPS) is 10.6. The summed E-state index contributed by atoms with van der Waals surface area (Å²) in [5, 5.41) is 10.1. The van der Waals surface area contributed by atoms with E-state index in [0.717, 1.165) is 29.5 Å². The number of ether oxygens (including phenoxy) is 1. The summed E-state index contributed by atoms with van der Waals surface area (Å²) in [6.07, 6.45) is 1.52. The summed E-state index contributed by atoms with van der Waals surface area (Å²) in [6, 6.07) is 17.9. The molecule has 1 aromatic heterocycles. The van der Waals surface area contributed by atoms with Crippen molar-refractivity contribution in [3.8, 4) is 11.3 Å². The average Bonchev–Trinajstić information content (AvgIpc) is 2.84. The number of hydrogen-bond donors (Lipinski definition) is 3. The third-order valence-electron chi connectivity index (χ3n) is 5.22. The van der Waals surface area contributed by atoms with Crippen molar-refractivity contribution in [2.45, 2.75) is 32.7 Å². The van der Waals surface area contributed by atoms with Crippen LogP contribution in [0.4, 0.5) is 10.5 Å². The molecule has 0 radical (unpaired) electrons. The highest BCUT2D eigenvalue weighted by Crippen LogP contribution is 2.17. The maximum absolute atomic E-state index is 12.4. The molecule has 0 bridgehead atoms. The standard InChI is InChI=1S/C26H31N5O4/c1-2-35-26(34)29-22-7-5-6-20(16-22)18-31-25(33)13-12-23(30-31)21-10-8-19(9-11-21)17-24(32)28-15-4-3-14-27/h5-13,16H,2-4,14-15,17-18,27H2,1H3,(H,28,32)(H,29,34). The van der Waals surface area contributed by atoms with E-state index in [-0.39, 0.29) is 24.6 Å². The van der Waals surface area contributed by atoms with Crippen LogP contribution in [0.3, 0.4) is 0 Å². The summed E-state index contributed by atoms with van der Waals surface area (Å²) >= 11 is 0. The van der Waals surface area contributed by atoms with Gasteiger partial charge in [0.1, 0.15) is 0 Å². The molecule has 2 aromatic carbocycles. The Hall–Kier alpha value is -3.98. The fourth-order valence-electron chi connectivity index (χ4n) is 3.46. The number of carbonyl (C=O) groups is 2. The Kier molecular flexibility index (Phi) is 9.56. The van der Waals surface area contributed by atoms with E-state index in [1.807, 2.05) is 30.3 Å². The van der Waals surface area contributed by atoms with Gasteiger partial charge >= 0.3 is 6.09 Å². The molecule has 35 heavy (non-hydrogen) atoms. The summed E-state index contributed by atoms with van der Waals surface area (Å²) in [4.78, 5) is 36.2. The number of amides is 2. The summed E-state index contributed by atoms with van der Waals surface area (Å²) in [5.41, 5.74) is 8.98. The lowest BCUT2D eigenvalue weighted by molar-refractivity contribution is -0.120. The second-order valence-electron chi connectivity index (χ2n) is 7.98. The first-order valence-corrected chi connectivity index (χ1v) is 11.7. The summed E-state index contributed by atoms with van der Waals surface area (Å²) in [7, 11) is 0. The van der Waals surface area contributed by atoms with Gasteiger partial charge in [-0.05, 0) is 55.6 Å². The quantitative estimate of drug-likeness (QED) is 0.364. The molecule has 0 aliphatic heterocycles. The molecule has 184 valence electrons. The number of nitrogens with one attached hydrogen (secondary N) is 2. The van der Waals surface area contributed by atoms with Crippen molar-refractivity contribution in [1.29, 1.82) is 0 Å². The molecule has 0 spiro atoms. The maximum Gasteiger partial charge on any atom is 0.411 e. The van der Waals surface area contributed by atoms with Crippen molar-refractivity contribution in [2.75, 3.05) is 25.0 Å². The number of benzene rings is 2. The molecule has 0 saturated carbocycles. The summed E-state index contributed by atoms with van der Waals surface area (Å²) in [5.74, 6) is -0.0267. The minimum Gasteiger partial charge on any atom is -0.450 e. The van der Waals surface area contributed by atoms with E-state index < -0.39 is 6.09 Å². The molecule has 4 N–H and O–H groups in total. The number of carbonyl (C=O) groups excluding carboxylic acids is 2. The molecule has 2 amide bonds. The molecular weight excluding hydrogens is 446 g/mol. The molecule has 1 heterocycles. The third kappa shape index (κ3) is 8.08. The van der Waals surface area contributed by atoms with Gasteiger partial charge in [-0.25, -0.2) is 9.48 Å². The Labute approximate surface area is 204 Å². The zero-order valence-electron chi connectivity index (χ0n) is 19.8. The van der Waals surface area contributed by atoms with Gasteiger partial charge in [0, 0.05) is 23.9 Å². The van der Waals surface area contributed by atoms with Crippen LogP contribution < -0.4 is 21.9 Å². The van der Waals surface area contributed by atoms with Crippen LogP contribution in [-0.2, 0) is 22.5 Å². The molecule has 0 atom stereocenters. The first kappa shape index (κ1) is 25.6. The van der Waals surface area contributed by atoms with Crippen molar-refractivity contribution >= 4 is 17.7 Å². The predicted molar refractivity (Wildman–Crippen MR) is 135 cm³/mol. The molecule has 3 aromatic rings. The van der Waals surface area contributed by atoms with E-state index in [1.54, 1.807) is 31.2 Å². The second-order valence-corrected chi connectivity index (χ2v) is 7.98. The smallest absolute Gasteiger partial charge is 0.411 e. The topological polar surface area (TPSA) is 128 Å². The van der Waals surface area contributed by atoms with Gasteiger partial charge in [-0.15, -0.1) is 0 Å². The third-order valence-corrected chi connectivity index (χ3v) is 5.22. The maximum atomic E-state index is 12.4. The van der Waals surface area contributed by atoms with Gasteiger partial charge in [0.05, 0.1) is 25.3 Å². The van der Waals surface area contributed by atoms with Crippen molar-refractivity contribution in [2.24, 2.45) is 5.73 Å². The molecule has 0 aliphatic rings. The van der Waals surface area contributed by atoms with E-state index in [1.165, 1.54) is 10.7 Å². The first-order valence-electron chi connectivity index (χ1n) is 11.7. The number of hydrogen-bond acceptors (Lipinski definition) is 6. The van der Waals surface area contributed by atoms with Crippen LogP contribution in [-0.4, -0.2) is 41.5 Å². The highest BCUT2D eigenvalue weighted by atomic mass is 16.5. The lowest BCUT2D eigenvalue weighted by Gasteiger charge is -2.10. The monoisotopic (exact) mass is 477 g/mol. The van der Waals surface area contributed by atoms with Gasteiger partial charge in [0.25, 0.3) is 5.56 Å². The fourth-order valence-corrected chi connectivity index (χ4v) is 3.46. The van der Waals surface area contributed by atoms with E-state index in [0.29, 0.717) is 30.9 Å². The van der Waals surface area contributed by atoms with Crippen LogP contribution in [0.1, 0.15) is 30.9 Å². The molecule has 0 saturated heterocycles.